The minimum absolute atomic E-state index is 0.0618. The third-order valence-corrected chi connectivity index (χ3v) is 5.85. The Balaban J connectivity index is 1.53. The molecule has 1 N–H and O–H groups in total. The molecule has 3 atom stereocenters. The Morgan fingerprint density at radius 3 is 2.32 bits per heavy atom. The van der Waals surface area contributed by atoms with E-state index in [1.165, 1.54) is 12.0 Å². The first kappa shape index (κ1) is 18.5. The van der Waals surface area contributed by atoms with Crippen molar-refractivity contribution >= 4 is 5.91 Å². The lowest BCUT2D eigenvalue weighted by Crippen LogP contribution is -2.31. The van der Waals surface area contributed by atoms with Crippen LogP contribution in [0.5, 0.6) is 0 Å². The maximum Gasteiger partial charge on any atom is 0.225 e. The van der Waals surface area contributed by atoms with Gasteiger partial charge in [-0.15, -0.1) is 0 Å². The molecule has 1 aliphatic carbocycles. The van der Waals surface area contributed by atoms with Crippen LogP contribution < -0.4 is 5.32 Å². The Morgan fingerprint density at radius 2 is 1.71 bits per heavy atom. The summed E-state index contributed by atoms with van der Waals surface area (Å²) in [5.74, 6) is 1.25. The van der Waals surface area contributed by atoms with Gasteiger partial charge in [-0.05, 0) is 49.8 Å². The van der Waals surface area contributed by atoms with Gasteiger partial charge in [0.15, 0.2) is 0 Å². The molecule has 0 spiro atoms. The lowest BCUT2D eigenvalue weighted by Gasteiger charge is -2.19. The number of aryl methyl sites for hydroxylation is 1. The molecule has 0 radical (unpaired) electrons. The molecule has 0 aliphatic heterocycles. The standard InChI is InChI=1S/C24H27N3O/c1-16-14-21(16)24(19-10-6-4-7-11-19)25-23(28)15-22-17(2)26-27(18(22)3)20-12-8-5-9-13-20/h4-13,16,21,24H,14-15H2,1-3H3,(H,25,28). The van der Waals surface area contributed by atoms with Crippen molar-refractivity contribution in [2.45, 2.75) is 39.7 Å². The van der Waals surface area contributed by atoms with Crippen molar-refractivity contribution < 1.29 is 4.79 Å². The predicted octanol–water partition coefficient (Wildman–Crippen LogP) is 4.55. The molecule has 1 heterocycles. The minimum atomic E-state index is 0.0618. The van der Waals surface area contributed by atoms with Crippen LogP contribution in [0, 0.1) is 25.7 Å². The second-order valence-electron chi connectivity index (χ2n) is 7.91. The maximum atomic E-state index is 12.9. The summed E-state index contributed by atoms with van der Waals surface area (Å²) in [7, 11) is 0. The van der Waals surface area contributed by atoms with Crippen LogP contribution in [-0.2, 0) is 11.2 Å². The number of benzene rings is 2. The van der Waals surface area contributed by atoms with Crippen molar-refractivity contribution in [1.82, 2.24) is 15.1 Å². The van der Waals surface area contributed by atoms with Crippen LogP contribution in [0.3, 0.4) is 0 Å². The van der Waals surface area contributed by atoms with Gasteiger partial charge in [0.05, 0.1) is 23.8 Å². The first-order valence-corrected chi connectivity index (χ1v) is 9.99. The lowest BCUT2D eigenvalue weighted by molar-refractivity contribution is -0.121. The molecule has 3 aromatic rings. The van der Waals surface area contributed by atoms with E-state index >= 15 is 0 Å². The van der Waals surface area contributed by atoms with Crippen LogP contribution in [0.15, 0.2) is 60.7 Å². The zero-order valence-corrected chi connectivity index (χ0v) is 16.7. The molecule has 0 saturated heterocycles. The number of nitrogens with zero attached hydrogens (tertiary/aromatic N) is 2. The highest BCUT2D eigenvalue weighted by Crippen LogP contribution is 2.46. The zero-order chi connectivity index (χ0) is 19.7. The van der Waals surface area contributed by atoms with Crippen molar-refractivity contribution in [3.63, 3.8) is 0 Å². The van der Waals surface area contributed by atoms with Crippen LogP contribution >= 0.6 is 0 Å². The Bertz CT molecular complexity index is 962. The summed E-state index contributed by atoms with van der Waals surface area (Å²) < 4.78 is 1.93. The van der Waals surface area contributed by atoms with E-state index in [-0.39, 0.29) is 11.9 Å². The zero-order valence-electron chi connectivity index (χ0n) is 16.7. The fraction of sp³-hybridized carbons (Fsp3) is 0.333. The van der Waals surface area contributed by atoms with Crippen LogP contribution in [0.4, 0.5) is 0 Å². The van der Waals surface area contributed by atoms with E-state index in [0.29, 0.717) is 18.3 Å². The van der Waals surface area contributed by atoms with Gasteiger partial charge in [-0.3, -0.25) is 4.79 Å². The van der Waals surface area contributed by atoms with Crippen molar-refractivity contribution in [2.75, 3.05) is 0 Å². The highest BCUT2D eigenvalue weighted by atomic mass is 16.1. The van der Waals surface area contributed by atoms with E-state index in [9.17, 15) is 4.79 Å². The summed E-state index contributed by atoms with van der Waals surface area (Å²) in [4.78, 5) is 12.9. The molecule has 2 aromatic carbocycles. The molecule has 144 valence electrons. The molecule has 1 aliphatic rings. The monoisotopic (exact) mass is 373 g/mol. The van der Waals surface area contributed by atoms with Crippen LogP contribution in [0.1, 0.15) is 41.9 Å². The molecule has 1 amide bonds. The molecule has 0 bridgehead atoms. The van der Waals surface area contributed by atoms with Gasteiger partial charge < -0.3 is 5.32 Å². The van der Waals surface area contributed by atoms with Gasteiger partial charge in [-0.1, -0.05) is 55.5 Å². The molecule has 28 heavy (non-hydrogen) atoms. The van der Waals surface area contributed by atoms with Gasteiger partial charge in [0.2, 0.25) is 5.91 Å². The average Bonchev–Trinajstić information content (AvgIpc) is 3.38. The normalized spacial score (nSPS) is 19.2. The van der Waals surface area contributed by atoms with E-state index in [1.54, 1.807) is 0 Å². The molecular formula is C24H27N3O. The largest absolute Gasteiger partial charge is 0.349 e. The molecule has 1 aromatic heterocycles. The molecule has 1 fully saturated rings. The van der Waals surface area contributed by atoms with E-state index < -0.39 is 0 Å². The highest BCUT2D eigenvalue weighted by molar-refractivity contribution is 5.79. The predicted molar refractivity (Wildman–Crippen MR) is 111 cm³/mol. The molecule has 4 rings (SSSR count). The topological polar surface area (TPSA) is 46.9 Å². The van der Waals surface area contributed by atoms with E-state index in [4.69, 9.17) is 0 Å². The van der Waals surface area contributed by atoms with Crippen molar-refractivity contribution in [1.29, 1.82) is 0 Å². The molecule has 4 nitrogen and oxygen atoms in total. The number of rotatable bonds is 6. The summed E-state index contributed by atoms with van der Waals surface area (Å²) in [6.45, 7) is 6.27. The number of aromatic nitrogens is 2. The van der Waals surface area contributed by atoms with Gasteiger partial charge in [-0.25, -0.2) is 4.68 Å². The third kappa shape index (κ3) is 3.72. The van der Waals surface area contributed by atoms with Crippen LogP contribution in [0.25, 0.3) is 5.69 Å². The van der Waals surface area contributed by atoms with Gasteiger partial charge in [-0.2, -0.15) is 5.10 Å². The maximum absolute atomic E-state index is 12.9. The van der Waals surface area contributed by atoms with Gasteiger partial charge in [0.1, 0.15) is 0 Å². The Labute approximate surface area is 166 Å². The Morgan fingerprint density at radius 1 is 1.11 bits per heavy atom. The highest BCUT2D eigenvalue weighted by Gasteiger charge is 2.40. The van der Waals surface area contributed by atoms with Crippen molar-refractivity contribution in [3.8, 4) is 5.69 Å². The fourth-order valence-corrected chi connectivity index (χ4v) is 4.05. The molecule has 1 saturated carbocycles. The number of para-hydroxylation sites is 1. The van der Waals surface area contributed by atoms with Crippen molar-refractivity contribution in [2.24, 2.45) is 11.8 Å². The van der Waals surface area contributed by atoms with Crippen LogP contribution in [0.2, 0.25) is 0 Å². The van der Waals surface area contributed by atoms with E-state index in [1.807, 2.05) is 67.1 Å². The summed E-state index contributed by atoms with van der Waals surface area (Å²) in [5, 5.41) is 7.97. The third-order valence-electron chi connectivity index (χ3n) is 5.85. The van der Waals surface area contributed by atoms with Crippen LogP contribution in [-0.4, -0.2) is 15.7 Å². The number of amides is 1. The lowest BCUT2D eigenvalue weighted by atomic mass is 10.0. The molecular weight excluding hydrogens is 346 g/mol. The second-order valence-corrected chi connectivity index (χ2v) is 7.91. The number of nitrogens with one attached hydrogen (secondary N) is 1. The fourth-order valence-electron chi connectivity index (χ4n) is 4.05. The average molecular weight is 374 g/mol. The van der Waals surface area contributed by atoms with E-state index in [0.717, 1.165) is 22.6 Å². The SMILES string of the molecule is Cc1nn(-c2ccccc2)c(C)c1CC(=O)NC(c1ccccc1)C1CC1C. The van der Waals surface area contributed by atoms with Gasteiger partial charge in [0, 0.05) is 11.3 Å². The first-order valence-electron chi connectivity index (χ1n) is 9.99. The number of hydrogen-bond donors (Lipinski definition) is 1. The first-order chi connectivity index (χ1) is 13.5. The quantitative estimate of drug-likeness (QED) is 0.689. The van der Waals surface area contributed by atoms with Gasteiger partial charge in [0.25, 0.3) is 0 Å². The summed E-state index contributed by atoms with van der Waals surface area (Å²) >= 11 is 0. The van der Waals surface area contributed by atoms with Crippen molar-refractivity contribution in [3.05, 3.63) is 83.2 Å². The molecule has 4 heteroatoms. The number of hydrogen-bond acceptors (Lipinski definition) is 2. The number of carbonyl (C=O) groups excluding carboxylic acids is 1. The number of carbonyl (C=O) groups is 1. The van der Waals surface area contributed by atoms with Gasteiger partial charge >= 0.3 is 0 Å². The summed E-state index contributed by atoms with van der Waals surface area (Å²) in [6, 6.07) is 20.5. The van der Waals surface area contributed by atoms with E-state index in [2.05, 4.69) is 29.5 Å². The summed E-state index contributed by atoms with van der Waals surface area (Å²) in [5.41, 5.74) is 5.15. The summed E-state index contributed by atoms with van der Waals surface area (Å²) in [6.07, 6.45) is 1.53. The molecule has 3 unspecified atom stereocenters. The second kappa shape index (κ2) is 7.63. The Hall–Kier alpha value is -2.88. The smallest absolute Gasteiger partial charge is 0.225 e. The minimum Gasteiger partial charge on any atom is -0.349 e. The Kier molecular flexibility index (Phi) is 5.03.